The summed E-state index contributed by atoms with van der Waals surface area (Å²) in [5.41, 5.74) is 1.13. The molecule has 7 nitrogen and oxygen atoms in total. The second-order valence-corrected chi connectivity index (χ2v) is 6.70. The molecule has 0 radical (unpaired) electrons. The summed E-state index contributed by atoms with van der Waals surface area (Å²) in [6, 6.07) is 14.3. The maximum atomic E-state index is 12.5. The van der Waals surface area contributed by atoms with Crippen molar-refractivity contribution < 1.29 is 4.52 Å². The number of halogens is 1. The highest BCUT2D eigenvalue weighted by Crippen LogP contribution is 2.16. The lowest BCUT2D eigenvalue weighted by atomic mass is 10.1. The van der Waals surface area contributed by atoms with Crippen molar-refractivity contribution >= 4 is 11.6 Å². The molecule has 4 aromatic rings. The first-order valence-corrected chi connectivity index (χ1v) is 8.87. The van der Waals surface area contributed by atoms with E-state index in [2.05, 4.69) is 10.1 Å². The molecule has 140 valence electrons. The number of aromatic nitrogens is 4. The van der Waals surface area contributed by atoms with E-state index in [1.165, 1.54) is 21.5 Å². The van der Waals surface area contributed by atoms with Crippen molar-refractivity contribution in [1.29, 1.82) is 0 Å². The fraction of sp³-hybridized carbons (Fsp3) is 0.100. The van der Waals surface area contributed by atoms with E-state index in [0.29, 0.717) is 16.5 Å². The van der Waals surface area contributed by atoms with Gasteiger partial charge in [-0.05, 0) is 31.2 Å². The minimum atomic E-state index is -0.687. The summed E-state index contributed by atoms with van der Waals surface area (Å²) >= 11 is 5.86. The van der Waals surface area contributed by atoms with Gasteiger partial charge in [-0.15, -0.1) is 0 Å². The Labute approximate surface area is 164 Å². The first kappa shape index (κ1) is 17.9. The smallest absolute Gasteiger partial charge is 0.320 e. The van der Waals surface area contributed by atoms with Crippen LogP contribution in [0.3, 0.4) is 0 Å². The largest absolute Gasteiger partial charge is 0.337 e. The van der Waals surface area contributed by atoms with Gasteiger partial charge in [0.25, 0.3) is 0 Å². The van der Waals surface area contributed by atoms with Crippen LogP contribution < -0.4 is 11.1 Å². The summed E-state index contributed by atoms with van der Waals surface area (Å²) in [6.07, 6.45) is 3.03. The van der Waals surface area contributed by atoms with Crippen LogP contribution in [0.1, 0.15) is 11.5 Å². The van der Waals surface area contributed by atoms with E-state index in [1.807, 2.05) is 31.2 Å². The molecule has 0 fully saturated rings. The summed E-state index contributed by atoms with van der Waals surface area (Å²) in [5.74, 6) is 0.666. The summed E-state index contributed by atoms with van der Waals surface area (Å²) < 4.78 is 7.73. The van der Waals surface area contributed by atoms with Crippen molar-refractivity contribution in [2.24, 2.45) is 0 Å². The third kappa shape index (κ3) is 3.52. The molecule has 2 aromatic heterocycles. The van der Waals surface area contributed by atoms with E-state index in [4.69, 9.17) is 16.1 Å². The van der Waals surface area contributed by atoms with E-state index in [-0.39, 0.29) is 12.4 Å². The molecule has 0 saturated heterocycles. The van der Waals surface area contributed by atoms with Crippen LogP contribution in [0.15, 0.2) is 75.0 Å². The summed E-state index contributed by atoms with van der Waals surface area (Å²) in [4.78, 5) is 29.2. The summed E-state index contributed by atoms with van der Waals surface area (Å²) in [5, 5.41) is 4.49. The first-order chi connectivity index (χ1) is 13.5. The topological polar surface area (TPSA) is 82.9 Å². The van der Waals surface area contributed by atoms with Crippen LogP contribution in [-0.2, 0) is 6.54 Å². The van der Waals surface area contributed by atoms with Crippen molar-refractivity contribution in [3.63, 3.8) is 0 Å². The minimum absolute atomic E-state index is 0.00833. The Morgan fingerprint density at radius 2 is 1.68 bits per heavy atom. The highest BCUT2D eigenvalue weighted by molar-refractivity contribution is 6.30. The van der Waals surface area contributed by atoms with Crippen molar-refractivity contribution in [1.82, 2.24) is 19.3 Å². The third-order valence-corrected chi connectivity index (χ3v) is 4.50. The molecule has 4 rings (SSSR count). The van der Waals surface area contributed by atoms with Crippen molar-refractivity contribution in [2.45, 2.75) is 13.5 Å². The lowest BCUT2D eigenvalue weighted by Gasteiger charge is -2.07. The van der Waals surface area contributed by atoms with Gasteiger partial charge >= 0.3 is 11.1 Å². The Morgan fingerprint density at radius 3 is 2.39 bits per heavy atom. The molecule has 0 atom stereocenters. The Bertz CT molecular complexity index is 1240. The number of nitrogens with zero attached hydrogens (tertiary/aromatic N) is 4. The zero-order valence-electron chi connectivity index (χ0n) is 14.9. The van der Waals surface area contributed by atoms with E-state index < -0.39 is 11.1 Å². The molecule has 0 amide bonds. The monoisotopic (exact) mass is 394 g/mol. The Morgan fingerprint density at radius 1 is 0.964 bits per heavy atom. The van der Waals surface area contributed by atoms with Gasteiger partial charge in [0.15, 0.2) is 0 Å². The molecule has 8 heteroatoms. The van der Waals surface area contributed by atoms with E-state index in [1.54, 1.807) is 24.3 Å². The van der Waals surface area contributed by atoms with Gasteiger partial charge in [-0.1, -0.05) is 46.6 Å². The highest BCUT2D eigenvalue weighted by Gasteiger charge is 2.12. The van der Waals surface area contributed by atoms with Gasteiger partial charge in [0.1, 0.15) is 6.54 Å². The molecular formula is C20H15ClN4O3. The number of aryl methyl sites for hydroxylation is 1. The van der Waals surface area contributed by atoms with Crippen LogP contribution in [0.25, 0.3) is 17.1 Å². The summed E-state index contributed by atoms with van der Waals surface area (Å²) in [6.45, 7) is 2.00. The number of hydrogen-bond donors (Lipinski definition) is 0. The maximum Gasteiger partial charge on any atom is 0.320 e. The molecule has 0 aliphatic heterocycles. The molecular weight excluding hydrogens is 380 g/mol. The van der Waals surface area contributed by atoms with Gasteiger partial charge in [-0.2, -0.15) is 4.98 Å². The lowest BCUT2D eigenvalue weighted by Crippen LogP contribution is -2.40. The standard InChI is InChI=1S/C20H15ClN4O3/c1-13-2-4-14(5-3-13)18-22-17(28-23-18)12-24-10-11-25(20(27)19(24)26)16-8-6-15(21)7-9-16/h2-11H,12H2,1H3. The van der Waals surface area contributed by atoms with Gasteiger partial charge in [0.2, 0.25) is 11.7 Å². The predicted octanol–water partition coefficient (Wildman–Crippen LogP) is 3.06. The van der Waals surface area contributed by atoms with Crippen molar-refractivity contribution in [2.75, 3.05) is 0 Å². The molecule has 0 aliphatic carbocycles. The Balaban J connectivity index is 1.62. The Hall–Kier alpha value is -3.45. The van der Waals surface area contributed by atoms with Crippen LogP contribution >= 0.6 is 11.6 Å². The predicted molar refractivity (Wildman–Crippen MR) is 105 cm³/mol. The number of rotatable bonds is 4. The van der Waals surface area contributed by atoms with Crippen LogP contribution in [0, 0.1) is 6.92 Å². The van der Waals surface area contributed by atoms with Crippen molar-refractivity contribution in [3.8, 4) is 17.1 Å². The fourth-order valence-electron chi connectivity index (χ4n) is 2.72. The quantitative estimate of drug-likeness (QED) is 0.497. The third-order valence-electron chi connectivity index (χ3n) is 4.25. The normalized spacial score (nSPS) is 10.9. The lowest BCUT2D eigenvalue weighted by molar-refractivity contribution is 0.369. The molecule has 28 heavy (non-hydrogen) atoms. The Kier molecular flexibility index (Phi) is 4.67. The zero-order valence-corrected chi connectivity index (χ0v) is 15.6. The second-order valence-electron chi connectivity index (χ2n) is 6.26. The second kappa shape index (κ2) is 7.28. The number of benzene rings is 2. The molecule has 0 aliphatic rings. The minimum Gasteiger partial charge on any atom is -0.337 e. The van der Waals surface area contributed by atoms with E-state index in [9.17, 15) is 9.59 Å². The van der Waals surface area contributed by atoms with Gasteiger partial charge in [-0.25, -0.2) is 0 Å². The van der Waals surface area contributed by atoms with Gasteiger partial charge in [0.05, 0.1) is 0 Å². The van der Waals surface area contributed by atoms with E-state index >= 15 is 0 Å². The average molecular weight is 395 g/mol. The van der Waals surface area contributed by atoms with Gasteiger partial charge in [-0.3, -0.25) is 18.7 Å². The van der Waals surface area contributed by atoms with Gasteiger partial charge in [0, 0.05) is 28.7 Å². The molecule has 2 aromatic carbocycles. The molecule has 0 unspecified atom stereocenters. The average Bonchev–Trinajstić information content (AvgIpc) is 3.16. The molecule has 0 spiro atoms. The van der Waals surface area contributed by atoms with Crippen LogP contribution in [-0.4, -0.2) is 19.3 Å². The van der Waals surface area contributed by atoms with Crippen LogP contribution in [0.4, 0.5) is 0 Å². The van der Waals surface area contributed by atoms with Crippen LogP contribution in [0.2, 0.25) is 5.02 Å². The molecule has 2 heterocycles. The summed E-state index contributed by atoms with van der Waals surface area (Å²) in [7, 11) is 0. The first-order valence-electron chi connectivity index (χ1n) is 8.49. The van der Waals surface area contributed by atoms with Crippen molar-refractivity contribution in [3.05, 3.63) is 98.1 Å². The molecule has 0 N–H and O–H groups in total. The SMILES string of the molecule is Cc1ccc(-c2noc(Cn3ccn(-c4ccc(Cl)cc4)c(=O)c3=O)n2)cc1. The van der Waals surface area contributed by atoms with Crippen LogP contribution in [0.5, 0.6) is 0 Å². The molecule has 0 bridgehead atoms. The fourth-order valence-corrected chi connectivity index (χ4v) is 2.85. The highest BCUT2D eigenvalue weighted by atomic mass is 35.5. The maximum absolute atomic E-state index is 12.5. The molecule has 0 saturated carbocycles. The van der Waals surface area contributed by atoms with Gasteiger partial charge < -0.3 is 4.52 Å². The van der Waals surface area contributed by atoms with E-state index in [0.717, 1.165) is 11.1 Å². The zero-order chi connectivity index (χ0) is 19.7. The number of hydrogen-bond acceptors (Lipinski definition) is 5.